The summed E-state index contributed by atoms with van der Waals surface area (Å²) < 4.78 is 12.7. The molecule has 0 aliphatic heterocycles. The SMILES string of the molecule is c1ccc2cc(-c3nc(-c4ccc5ccc(-c6cccc7oc8ccccc8c67)cc5c4)nc(-c4cccc5c4oc4ccccc45)n3)ccc2c1. The number of para-hydroxylation sites is 3. The van der Waals surface area contributed by atoms with Gasteiger partial charge in [-0.2, -0.15) is 0 Å². The molecule has 0 atom stereocenters. The summed E-state index contributed by atoms with van der Waals surface area (Å²) in [5, 5.41) is 8.84. The van der Waals surface area contributed by atoms with Gasteiger partial charge < -0.3 is 8.83 Å². The van der Waals surface area contributed by atoms with E-state index in [0.29, 0.717) is 17.5 Å². The largest absolute Gasteiger partial charge is 0.456 e. The first-order valence-corrected chi connectivity index (χ1v) is 17.3. The summed E-state index contributed by atoms with van der Waals surface area (Å²) in [5.74, 6) is 1.76. The van der Waals surface area contributed by atoms with Gasteiger partial charge in [-0.05, 0) is 75.1 Å². The Hall–Kier alpha value is -7.11. The van der Waals surface area contributed by atoms with Crippen LogP contribution in [0.5, 0.6) is 0 Å². The number of furan rings is 2. The van der Waals surface area contributed by atoms with Crippen LogP contribution in [0.15, 0.2) is 173 Å². The van der Waals surface area contributed by atoms with Crippen molar-refractivity contribution in [2.75, 3.05) is 0 Å². The summed E-state index contributed by atoms with van der Waals surface area (Å²) in [5.41, 5.74) is 8.25. The summed E-state index contributed by atoms with van der Waals surface area (Å²) in [7, 11) is 0. The molecule has 11 aromatic rings. The summed E-state index contributed by atoms with van der Waals surface area (Å²) in [6, 6.07) is 56.5. The number of benzene rings is 8. The van der Waals surface area contributed by atoms with Crippen LogP contribution < -0.4 is 0 Å². The lowest BCUT2D eigenvalue weighted by Crippen LogP contribution is -2.00. The van der Waals surface area contributed by atoms with Gasteiger partial charge in [0.05, 0.1) is 5.56 Å². The fourth-order valence-corrected chi connectivity index (χ4v) is 7.57. The molecule has 11 rings (SSSR count). The quantitative estimate of drug-likeness (QED) is 0.187. The molecule has 8 aromatic carbocycles. The molecule has 0 saturated heterocycles. The lowest BCUT2D eigenvalue weighted by Gasteiger charge is -2.11. The van der Waals surface area contributed by atoms with E-state index in [1.807, 2.05) is 48.5 Å². The molecular weight excluding hydrogens is 639 g/mol. The average Bonchev–Trinajstić information content (AvgIpc) is 3.79. The Morgan fingerprint density at radius 2 is 0.865 bits per heavy atom. The van der Waals surface area contributed by atoms with Gasteiger partial charge in [-0.1, -0.05) is 121 Å². The van der Waals surface area contributed by atoms with Crippen molar-refractivity contribution in [1.29, 1.82) is 0 Å². The number of nitrogens with zero attached hydrogens (tertiary/aromatic N) is 3. The molecule has 242 valence electrons. The van der Waals surface area contributed by atoms with Crippen LogP contribution in [0.3, 0.4) is 0 Å². The van der Waals surface area contributed by atoms with E-state index in [1.165, 1.54) is 0 Å². The smallest absolute Gasteiger partial charge is 0.167 e. The maximum Gasteiger partial charge on any atom is 0.167 e. The number of rotatable bonds is 4. The van der Waals surface area contributed by atoms with E-state index in [2.05, 4.69) is 115 Å². The van der Waals surface area contributed by atoms with Crippen LogP contribution in [-0.2, 0) is 0 Å². The van der Waals surface area contributed by atoms with E-state index in [1.54, 1.807) is 0 Å². The van der Waals surface area contributed by atoms with Crippen molar-refractivity contribution in [1.82, 2.24) is 15.0 Å². The van der Waals surface area contributed by atoms with Crippen LogP contribution in [0.1, 0.15) is 0 Å². The number of aromatic nitrogens is 3. The van der Waals surface area contributed by atoms with E-state index in [4.69, 9.17) is 23.8 Å². The van der Waals surface area contributed by atoms with Gasteiger partial charge in [0.1, 0.15) is 22.3 Å². The Labute approximate surface area is 297 Å². The molecule has 0 saturated carbocycles. The topological polar surface area (TPSA) is 65.0 Å². The fourth-order valence-electron chi connectivity index (χ4n) is 7.57. The zero-order valence-corrected chi connectivity index (χ0v) is 27.7. The number of fused-ring (bicyclic) bond motifs is 8. The van der Waals surface area contributed by atoms with Gasteiger partial charge in [0.2, 0.25) is 0 Å². The summed E-state index contributed by atoms with van der Waals surface area (Å²) in [4.78, 5) is 15.4. The molecule has 0 radical (unpaired) electrons. The van der Waals surface area contributed by atoms with Gasteiger partial charge >= 0.3 is 0 Å². The normalized spacial score (nSPS) is 11.8. The second-order valence-corrected chi connectivity index (χ2v) is 13.2. The van der Waals surface area contributed by atoms with Crippen molar-refractivity contribution in [3.05, 3.63) is 164 Å². The standard InChI is InChI=1S/C47H27N3O2/c1-2-10-30-25-32(23-20-28(30)9-1)45-48-46(50-47(49-45)39-15-7-14-37-36-11-3-5-16-40(36)52-44(37)39)33-24-21-29-19-22-31(26-34(29)27-33)35-13-8-18-42-43(35)38-12-4-6-17-41(38)51-42/h1-27H. The zero-order chi connectivity index (χ0) is 34.2. The van der Waals surface area contributed by atoms with Crippen molar-refractivity contribution < 1.29 is 8.83 Å². The third-order valence-electron chi connectivity index (χ3n) is 10.1. The van der Waals surface area contributed by atoms with E-state index in [-0.39, 0.29) is 0 Å². The Morgan fingerprint density at radius 1 is 0.327 bits per heavy atom. The van der Waals surface area contributed by atoms with Crippen molar-refractivity contribution in [3.63, 3.8) is 0 Å². The number of hydrogen-bond donors (Lipinski definition) is 0. The fraction of sp³-hybridized carbons (Fsp3) is 0. The Morgan fingerprint density at radius 3 is 1.67 bits per heavy atom. The van der Waals surface area contributed by atoms with Crippen molar-refractivity contribution in [2.24, 2.45) is 0 Å². The molecule has 5 nitrogen and oxygen atoms in total. The highest BCUT2D eigenvalue weighted by Crippen LogP contribution is 2.39. The first-order chi connectivity index (χ1) is 25.7. The van der Waals surface area contributed by atoms with Crippen molar-refractivity contribution in [2.45, 2.75) is 0 Å². The van der Waals surface area contributed by atoms with E-state index in [0.717, 1.165) is 93.2 Å². The molecule has 0 unspecified atom stereocenters. The molecule has 0 aliphatic carbocycles. The lowest BCUT2D eigenvalue weighted by molar-refractivity contribution is 0.669. The molecule has 3 aromatic heterocycles. The molecule has 0 fully saturated rings. The van der Waals surface area contributed by atoms with Crippen molar-refractivity contribution in [3.8, 4) is 45.3 Å². The van der Waals surface area contributed by atoms with Gasteiger partial charge in [0.15, 0.2) is 17.5 Å². The highest BCUT2D eigenvalue weighted by atomic mass is 16.3. The van der Waals surface area contributed by atoms with E-state index < -0.39 is 0 Å². The Kier molecular flexibility index (Phi) is 6.18. The minimum absolute atomic E-state index is 0.560. The second kappa shape index (κ2) is 11.2. The van der Waals surface area contributed by atoms with Gasteiger partial charge in [0, 0.05) is 32.7 Å². The van der Waals surface area contributed by atoms with Crippen LogP contribution in [-0.4, -0.2) is 15.0 Å². The second-order valence-electron chi connectivity index (χ2n) is 13.2. The maximum absolute atomic E-state index is 6.44. The molecule has 0 spiro atoms. The summed E-state index contributed by atoms with van der Waals surface area (Å²) in [6.07, 6.45) is 0. The summed E-state index contributed by atoms with van der Waals surface area (Å²) in [6.45, 7) is 0. The van der Waals surface area contributed by atoms with Crippen LogP contribution in [0, 0.1) is 0 Å². The zero-order valence-electron chi connectivity index (χ0n) is 27.7. The average molecular weight is 666 g/mol. The molecule has 52 heavy (non-hydrogen) atoms. The molecule has 5 heteroatoms. The first-order valence-electron chi connectivity index (χ1n) is 17.3. The number of hydrogen-bond acceptors (Lipinski definition) is 5. The monoisotopic (exact) mass is 665 g/mol. The third-order valence-corrected chi connectivity index (χ3v) is 10.1. The van der Waals surface area contributed by atoms with Gasteiger partial charge in [0.25, 0.3) is 0 Å². The van der Waals surface area contributed by atoms with Crippen LogP contribution >= 0.6 is 0 Å². The van der Waals surface area contributed by atoms with E-state index in [9.17, 15) is 0 Å². The molecule has 0 aliphatic rings. The lowest BCUT2D eigenvalue weighted by atomic mass is 9.96. The van der Waals surface area contributed by atoms with Crippen LogP contribution in [0.25, 0.3) is 111 Å². The third kappa shape index (κ3) is 4.53. The van der Waals surface area contributed by atoms with Crippen molar-refractivity contribution >= 4 is 65.4 Å². The Bertz CT molecular complexity index is 3210. The predicted octanol–water partition coefficient (Wildman–Crippen LogP) is 12.6. The predicted molar refractivity (Wildman–Crippen MR) is 211 cm³/mol. The maximum atomic E-state index is 6.44. The summed E-state index contributed by atoms with van der Waals surface area (Å²) >= 11 is 0. The minimum Gasteiger partial charge on any atom is -0.456 e. The van der Waals surface area contributed by atoms with Crippen LogP contribution in [0.2, 0.25) is 0 Å². The Balaban J connectivity index is 1.11. The molecule has 0 N–H and O–H groups in total. The minimum atomic E-state index is 0.560. The molecular formula is C47H27N3O2. The molecule has 0 bridgehead atoms. The highest BCUT2D eigenvalue weighted by molar-refractivity contribution is 6.13. The molecule has 3 heterocycles. The van der Waals surface area contributed by atoms with E-state index >= 15 is 0 Å². The highest BCUT2D eigenvalue weighted by Gasteiger charge is 2.19. The molecule has 0 amide bonds. The van der Waals surface area contributed by atoms with Gasteiger partial charge in [-0.3, -0.25) is 0 Å². The van der Waals surface area contributed by atoms with Gasteiger partial charge in [-0.25, -0.2) is 15.0 Å². The van der Waals surface area contributed by atoms with Crippen LogP contribution in [0.4, 0.5) is 0 Å². The van der Waals surface area contributed by atoms with Gasteiger partial charge in [-0.15, -0.1) is 0 Å². The first kappa shape index (κ1) is 28.7.